The molecule has 0 saturated carbocycles. The van der Waals surface area contributed by atoms with Crippen molar-refractivity contribution in [3.8, 4) is 0 Å². The molecule has 0 radical (unpaired) electrons. The van der Waals surface area contributed by atoms with Gasteiger partial charge in [-0.1, -0.05) is 12.1 Å². The minimum atomic E-state index is -0.898. The van der Waals surface area contributed by atoms with Crippen molar-refractivity contribution < 1.29 is 14.3 Å². The smallest absolute Gasteiger partial charge is 0.311 e. The van der Waals surface area contributed by atoms with E-state index in [1.807, 2.05) is 0 Å². The Kier molecular flexibility index (Phi) is 3.67. The number of aliphatic carboxylic acids is 1. The maximum absolute atomic E-state index is 12.8. The Morgan fingerprint density at radius 1 is 1.17 bits per heavy atom. The number of carbonyl (C=O) groups is 1. The molecular weight excluding hydrogens is 233 g/mol. The summed E-state index contributed by atoms with van der Waals surface area (Å²) in [5, 5.41) is 9.25. The molecule has 1 N–H and O–H groups in total. The van der Waals surface area contributed by atoms with E-state index in [0.717, 1.165) is 5.56 Å². The molecule has 0 amide bonds. The molecule has 1 unspecified atom stereocenters. The van der Waals surface area contributed by atoms with Gasteiger partial charge in [-0.2, -0.15) is 0 Å². The zero-order valence-electron chi connectivity index (χ0n) is 9.58. The molecule has 0 aliphatic carbocycles. The van der Waals surface area contributed by atoms with Crippen LogP contribution >= 0.6 is 0 Å². The Morgan fingerprint density at radius 2 is 1.78 bits per heavy atom. The van der Waals surface area contributed by atoms with Gasteiger partial charge in [0.15, 0.2) is 0 Å². The molecule has 0 spiro atoms. The highest BCUT2D eigenvalue weighted by molar-refractivity contribution is 5.76. The first-order valence-corrected chi connectivity index (χ1v) is 5.54. The lowest BCUT2D eigenvalue weighted by Gasteiger charge is -2.12. The van der Waals surface area contributed by atoms with Gasteiger partial charge >= 0.3 is 5.97 Å². The van der Waals surface area contributed by atoms with Crippen LogP contribution in [0.4, 0.5) is 4.39 Å². The molecule has 1 aromatic heterocycles. The molecule has 2 rings (SSSR count). The summed E-state index contributed by atoms with van der Waals surface area (Å²) in [5.74, 6) is -1.86. The fraction of sp³-hybridized carbons (Fsp3) is 0.143. The molecule has 0 fully saturated rings. The van der Waals surface area contributed by atoms with Gasteiger partial charge in [0.2, 0.25) is 0 Å². The minimum absolute atomic E-state index is 0.325. The fourth-order valence-corrected chi connectivity index (χ4v) is 1.80. The number of hydrogen-bond acceptors (Lipinski definition) is 2. The lowest BCUT2D eigenvalue weighted by Crippen LogP contribution is -2.14. The number of rotatable bonds is 4. The van der Waals surface area contributed by atoms with Crippen LogP contribution in [-0.4, -0.2) is 16.1 Å². The summed E-state index contributed by atoms with van der Waals surface area (Å²) in [6, 6.07) is 9.24. The van der Waals surface area contributed by atoms with Crippen LogP contribution in [0.1, 0.15) is 17.0 Å². The molecular formula is C14H12FNO2. The number of hydrogen-bond donors (Lipinski definition) is 1. The van der Waals surface area contributed by atoms with E-state index in [2.05, 4.69) is 4.98 Å². The molecule has 0 saturated heterocycles. The highest BCUT2D eigenvalue weighted by Crippen LogP contribution is 2.20. The van der Waals surface area contributed by atoms with Gasteiger partial charge in [-0.05, 0) is 41.8 Å². The molecule has 92 valence electrons. The number of benzene rings is 1. The molecule has 0 bridgehead atoms. The van der Waals surface area contributed by atoms with E-state index >= 15 is 0 Å². The fourth-order valence-electron chi connectivity index (χ4n) is 1.80. The van der Waals surface area contributed by atoms with E-state index in [4.69, 9.17) is 0 Å². The number of halogens is 1. The highest BCUT2D eigenvalue weighted by atomic mass is 19.1. The predicted octanol–water partition coefficient (Wildman–Crippen LogP) is 2.63. The van der Waals surface area contributed by atoms with Crippen LogP contribution in [0.25, 0.3) is 0 Å². The molecule has 2 aromatic rings. The van der Waals surface area contributed by atoms with Gasteiger partial charge in [-0.3, -0.25) is 9.78 Å². The van der Waals surface area contributed by atoms with E-state index in [1.165, 1.54) is 12.1 Å². The zero-order chi connectivity index (χ0) is 13.0. The minimum Gasteiger partial charge on any atom is -0.481 e. The van der Waals surface area contributed by atoms with E-state index < -0.39 is 11.9 Å². The molecule has 1 aromatic carbocycles. The van der Waals surface area contributed by atoms with Crippen molar-refractivity contribution in [3.63, 3.8) is 0 Å². The van der Waals surface area contributed by atoms with Gasteiger partial charge in [0.1, 0.15) is 5.82 Å². The summed E-state index contributed by atoms with van der Waals surface area (Å²) in [5.41, 5.74) is 1.49. The van der Waals surface area contributed by atoms with Crippen LogP contribution in [-0.2, 0) is 11.2 Å². The van der Waals surface area contributed by atoms with E-state index in [1.54, 1.807) is 36.7 Å². The summed E-state index contributed by atoms with van der Waals surface area (Å²) < 4.78 is 12.8. The number of pyridine rings is 1. The van der Waals surface area contributed by atoms with Crippen molar-refractivity contribution in [2.75, 3.05) is 0 Å². The van der Waals surface area contributed by atoms with Crippen molar-refractivity contribution in [2.24, 2.45) is 0 Å². The van der Waals surface area contributed by atoms with Crippen LogP contribution in [0.3, 0.4) is 0 Å². The van der Waals surface area contributed by atoms with E-state index in [-0.39, 0.29) is 5.82 Å². The first-order chi connectivity index (χ1) is 8.66. The molecule has 0 aliphatic heterocycles. The Bertz CT molecular complexity index is 525. The summed E-state index contributed by atoms with van der Waals surface area (Å²) in [6.07, 6.45) is 3.46. The van der Waals surface area contributed by atoms with Crippen LogP contribution < -0.4 is 0 Å². The van der Waals surface area contributed by atoms with E-state index in [0.29, 0.717) is 12.0 Å². The summed E-state index contributed by atoms with van der Waals surface area (Å²) in [7, 11) is 0. The topological polar surface area (TPSA) is 50.2 Å². The number of carboxylic acids is 1. The van der Waals surface area contributed by atoms with Gasteiger partial charge in [-0.15, -0.1) is 0 Å². The average Bonchev–Trinajstić information content (AvgIpc) is 2.38. The monoisotopic (exact) mass is 245 g/mol. The second kappa shape index (κ2) is 5.40. The third-order valence-electron chi connectivity index (χ3n) is 2.76. The molecule has 18 heavy (non-hydrogen) atoms. The van der Waals surface area contributed by atoms with Crippen molar-refractivity contribution in [1.82, 2.24) is 4.98 Å². The first kappa shape index (κ1) is 12.2. The van der Waals surface area contributed by atoms with Crippen molar-refractivity contribution in [2.45, 2.75) is 12.3 Å². The molecule has 3 nitrogen and oxygen atoms in total. The predicted molar refractivity (Wildman–Crippen MR) is 64.7 cm³/mol. The van der Waals surface area contributed by atoms with Crippen LogP contribution in [0.5, 0.6) is 0 Å². The third-order valence-corrected chi connectivity index (χ3v) is 2.76. The third kappa shape index (κ3) is 2.91. The Morgan fingerprint density at radius 3 is 2.33 bits per heavy atom. The average molecular weight is 245 g/mol. The van der Waals surface area contributed by atoms with E-state index in [9.17, 15) is 14.3 Å². The van der Waals surface area contributed by atoms with Gasteiger partial charge < -0.3 is 5.11 Å². The van der Waals surface area contributed by atoms with Crippen LogP contribution in [0, 0.1) is 5.82 Å². The van der Waals surface area contributed by atoms with Crippen molar-refractivity contribution >= 4 is 5.97 Å². The summed E-state index contributed by atoms with van der Waals surface area (Å²) in [6.45, 7) is 0. The SMILES string of the molecule is O=C(O)C(Cc1ccc(F)cc1)c1ccncc1. The maximum Gasteiger partial charge on any atom is 0.311 e. The second-order valence-electron chi connectivity index (χ2n) is 4.00. The lowest BCUT2D eigenvalue weighted by atomic mass is 9.93. The van der Waals surface area contributed by atoms with Crippen molar-refractivity contribution in [3.05, 3.63) is 65.7 Å². The van der Waals surface area contributed by atoms with Crippen molar-refractivity contribution in [1.29, 1.82) is 0 Å². The quantitative estimate of drug-likeness (QED) is 0.900. The van der Waals surface area contributed by atoms with Gasteiger partial charge in [-0.25, -0.2) is 4.39 Å². The molecule has 0 aliphatic rings. The van der Waals surface area contributed by atoms with Gasteiger partial charge in [0, 0.05) is 12.4 Å². The normalized spacial score (nSPS) is 12.1. The summed E-state index contributed by atoms with van der Waals surface area (Å²) in [4.78, 5) is 15.1. The second-order valence-corrected chi connectivity index (χ2v) is 4.00. The molecule has 1 heterocycles. The first-order valence-electron chi connectivity index (χ1n) is 5.54. The number of carboxylic acid groups (broad SMARTS) is 1. The Hall–Kier alpha value is -2.23. The lowest BCUT2D eigenvalue weighted by molar-refractivity contribution is -0.138. The molecule has 1 atom stereocenters. The zero-order valence-corrected chi connectivity index (χ0v) is 9.58. The number of aromatic nitrogens is 1. The highest BCUT2D eigenvalue weighted by Gasteiger charge is 2.20. The van der Waals surface area contributed by atoms with Crippen LogP contribution in [0.2, 0.25) is 0 Å². The van der Waals surface area contributed by atoms with Crippen LogP contribution in [0.15, 0.2) is 48.8 Å². The summed E-state index contributed by atoms with van der Waals surface area (Å²) >= 11 is 0. The molecule has 4 heteroatoms. The Balaban J connectivity index is 2.22. The van der Waals surface area contributed by atoms with Gasteiger partial charge in [0.25, 0.3) is 0 Å². The maximum atomic E-state index is 12.8. The number of nitrogens with zero attached hydrogens (tertiary/aromatic N) is 1. The van der Waals surface area contributed by atoms with Gasteiger partial charge in [0.05, 0.1) is 5.92 Å². The largest absolute Gasteiger partial charge is 0.481 e. The standard InChI is InChI=1S/C14H12FNO2/c15-12-3-1-10(2-4-12)9-13(14(17)18)11-5-7-16-8-6-11/h1-8,13H,9H2,(H,17,18). The Labute approximate surface area is 104 Å².